The molecule has 0 radical (unpaired) electrons. The van der Waals surface area contributed by atoms with Gasteiger partial charge in [-0.1, -0.05) is 0 Å². The van der Waals surface area contributed by atoms with Crippen LogP contribution in [-0.2, 0) is 6.42 Å². The van der Waals surface area contributed by atoms with Crippen LogP contribution in [0.4, 0.5) is 0 Å². The van der Waals surface area contributed by atoms with Gasteiger partial charge in [-0.2, -0.15) is 5.26 Å². The Morgan fingerprint density at radius 1 is 1.50 bits per heavy atom. The average Bonchev–Trinajstić information content (AvgIpc) is 2.51. The number of hydrogen-bond acceptors (Lipinski definition) is 2. The third kappa shape index (κ3) is 1.81. The molecule has 0 aliphatic rings. The highest BCUT2D eigenvalue weighted by molar-refractivity contribution is 14.1. The molecule has 0 unspecified atom stereocenters. The maximum Gasteiger partial charge on any atom is 0.0670 e. The van der Waals surface area contributed by atoms with E-state index in [9.17, 15) is 0 Å². The Morgan fingerprint density at radius 3 is 3.00 bits per heavy atom. The van der Waals surface area contributed by atoms with Crippen molar-refractivity contribution in [1.29, 1.82) is 5.26 Å². The van der Waals surface area contributed by atoms with E-state index in [2.05, 4.69) is 62.1 Å². The highest BCUT2D eigenvalue weighted by atomic mass is 127. The predicted octanol–water partition coefficient (Wildman–Crippen LogP) is 4.33. The Balaban J connectivity index is 2.69. The molecule has 1 heterocycles. The van der Waals surface area contributed by atoms with Crippen LogP contribution >= 0.6 is 49.9 Å². The average molecular weight is 378 g/mol. The topological polar surface area (TPSA) is 23.8 Å². The molecule has 0 fully saturated rings. The summed E-state index contributed by atoms with van der Waals surface area (Å²) in [6, 6.07) is 6.43. The minimum atomic E-state index is 0.498. The van der Waals surface area contributed by atoms with Gasteiger partial charge in [-0.15, -0.1) is 11.3 Å². The zero-order chi connectivity index (χ0) is 10.1. The number of thiophene rings is 1. The highest BCUT2D eigenvalue weighted by Gasteiger charge is 2.06. The molecule has 0 aliphatic heterocycles. The third-order valence-electron chi connectivity index (χ3n) is 1.97. The molecule has 0 amide bonds. The molecule has 1 nitrogen and oxygen atoms in total. The number of benzene rings is 1. The van der Waals surface area contributed by atoms with Crippen molar-refractivity contribution in [2.75, 3.05) is 0 Å². The van der Waals surface area contributed by atoms with E-state index in [-0.39, 0.29) is 0 Å². The van der Waals surface area contributed by atoms with Crippen molar-refractivity contribution in [1.82, 2.24) is 0 Å². The Bertz CT molecular complexity index is 527. The Morgan fingerprint density at radius 2 is 2.29 bits per heavy atom. The van der Waals surface area contributed by atoms with Gasteiger partial charge in [-0.05, 0) is 67.0 Å². The molecule has 70 valence electrons. The van der Waals surface area contributed by atoms with Crippen molar-refractivity contribution in [3.63, 3.8) is 0 Å². The van der Waals surface area contributed by atoms with E-state index in [1.54, 1.807) is 11.3 Å². The second kappa shape index (κ2) is 4.17. The number of fused-ring (bicyclic) bond motifs is 1. The summed E-state index contributed by atoms with van der Waals surface area (Å²) in [5, 5.41) is 11.9. The van der Waals surface area contributed by atoms with Crippen molar-refractivity contribution < 1.29 is 0 Å². The smallest absolute Gasteiger partial charge is 0.0670 e. The monoisotopic (exact) mass is 377 g/mol. The zero-order valence-corrected chi connectivity index (χ0v) is 11.6. The van der Waals surface area contributed by atoms with Gasteiger partial charge in [0.1, 0.15) is 0 Å². The third-order valence-corrected chi connectivity index (χ3v) is 5.25. The Hall–Kier alpha value is -0.120. The quantitative estimate of drug-likeness (QED) is 0.678. The van der Waals surface area contributed by atoms with Crippen LogP contribution in [0, 0.1) is 14.9 Å². The molecule has 0 saturated carbocycles. The molecule has 2 aromatic rings. The minimum absolute atomic E-state index is 0.498. The first-order chi connectivity index (χ1) is 6.72. The van der Waals surface area contributed by atoms with Crippen LogP contribution < -0.4 is 0 Å². The van der Waals surface area contributed by atoms with E-state index >= 15 is 0 Å². The molecular weight excluding hydrogens is 373 g/mol. The van der Waals surface area contributed by atoms with Crippen molar-refractivity contribution >= 4 is 59.9 Å². The van der Waals surface area contributed by atoms with E-state index in [1.165, 1.54) is 13.7 Å². The van der Waals surface area contributed by atoms with Gasteiger partial charge in [0.25, 0.3) is 0 Å². The SMILES string of the molecule is N#CCc1csc2cc(Br)c(I)cc12. The lowest BCUT2D eigenvalue weighted by Gasteiger charge is -1.97. The van der Waals surface area contributed by atoms with Gasteiger partial charge >= 0.3 is 0 Å². The van der Waals surface area contributed by atoms with E-state index in [0.29, 0.717) is 6.42 Å². The standard InChI is InChI=1S/C10H5BrINS/c11-8-4-10-7(3-9(8)12)6(1-2-13)5-14-10/h3-5H,1H2. The van der Waals surface area contributed by atoms with Crippen molar-refractivity contribution in [3.8, 4) is 6.07 Å². The lowest BCUT2D eigenvalue weighted by atomic mass is 10.1. The van der Waals surface area contributed by atoms with E-state index in [4.69, 9.17) is 5.26 Å². The van der Waals surface area contributed by atoms with Crippen LogP contribution in [0.1, 0.15) is 5.56 Å². The summed E-state index contributed by atoms with van der Waals surface area (Å²) in [7, 11) is 0. The summed E-state index contributed by atoms with van der Waals surface area (Å²) in [5.41, 5.74) is 1.14. The first kappa shape index (κ1) is 10.4. The predicted molar refractivity (Wildman–Crippen MR) is 71.6 cm³/mol. The van der Waals surface area contributed by atoms with Gasteiger partial charge in [0, 0.05) is 12.7 Å². The first-order valence-corrected chi connectivity index (χ1v) is 6.69. The molecule has 0 spiro atoms. The van der Waals surface area contributed by atoms with Crippen molar-refractivity contribution in [2.45, 2.75) is 6.42 Å². The number of halogens is 2. The molecule has 14 heavy (non-hydrogen) atoms. The van der Waals surface area contributed by atoms with Crippen molar-refractivity contribution in [2.24, 2.45) is 0 Å². The summed E-state index contributed by atoms with van der Waals surface area (Å²) in [5.74, 6) is 0. The maximum absolute atomic E-state index is 8.66. The normalized spacial score (nSPS) is 10.4. The fourth-order valence-electron chi connectivity index (χ4n) is 1.30. The zero-order valence-electron chi connectivity index (χ0n) is 7.05. The van der Waals surface area contributed by atoms with Gasteiger partial charge in [0.2, 0.25) is 0 Å². The van der Waals surface area contributed by atoms with E-state index in [0.717, 1.165) is 10.0 Å². The summed E-state index contributed by atoms with van der Waals surface area (Å²) in [6.45, 7) is 0. The molecule has 0 atom stereocenters. The number of nitriles is 1. The van der Waals surface area contributed by atoms with E-state index in [1.807, 2.05) is 0 Å². The summed E-state index contributed by atoms with van der Waals surface area (Å²) in [4.78, 5) is 0. The van der Waals surface area contributed by atoms with Gasteiger partial charge in [0.15, 0.2) is 0 Å². The van der Waals surface area contributed by atoms with Crippen LogP contribution in [0.2, 0.25) is 0 Å². The second-order valence-corrected chi connectivity index (χ2v) is 5.79. The number of hydrogen-bond donors (Lipinski definition) is 0. The van der Waals surface area contributed by atoms with Gasteiger partial charge in [-0.3, -0.25) is 0 Å². The molecule has 0 aliphatic carbocycles. The Labute approximate surface area is 108 Å². The van der Waals surface area contributed by atoms with Crippen LogP contribution in [0.25, 0.3) is 10.1 Å². The highest BCUT2D eigenvalue weighted by Crippen LogP contribution is 2.32. The van der Waals surface area contributed by atoms with Gasteiger partial charge in [-0.25, -0.2) is 0 Å². The summed E-state index contributed by atoms with van der Waals surface area (Å²) >= 11 is 7.48. The van der Waals surface area contributed by atoms with Crippen LogP contribution in [-0.4, -0.2) is 0 Å². The number of rotatable bonds is 1. The molecule has 1 aromatic heterocycles. The van der Waals surface area contributed by atoms with Crippen LogP contribution in [0.5, 0.6) is 0 Å². The van der Waals surface area contributed by atoms with Crippen LogP contribution in [0.15, 0.2) is 22.0 Å². The van der Waals surface area contributed by atoms with Crippen molar-refractivity contribution in [3.05, 3.63) is 31.1 Å². The Kier molecular flexibility index (Phi) is 3.10. The minimum Gasteiger partial charge on any atom is -0.198 e. The van der Waals surface area contributed by atoms with Crippen LogP contribution in [0.3, 0.4) is 0 Å². The molecule has 0 bridgehead atoms. The van der Waals surface area contributed by atoms with E-state index < -0.39 is 0 Å². The second-order valence-electron chi connectivity index (χ2n) is 2.86. The molecule has 4 heteroatoms. The molecule has 0 saturated heterocycles. The fraction of sp³-hybridized carbons (Fsp3) is 0.100. The molecule has 2 rings (SSSR count). The molecule has 0 N–H and O–H groups in total. The lowest BCUT2D eigenvalue weighted by Crippen LogP contribution is -1.79. The molecular formula is C10H5BrINS. The largest absolute Gasteiger partial charge is 0.198 e. The summed E-state index contributed by atoms with van der Waals surface area (Å²) in [6.07, 6.45) is 0.498. The van der Waals surface area contributed by atoms with Gasteiger partial charge < -0.3 is 0 Å². The maximum atomic E-state index is 8.66. The first-order valence-electron chi connectivity index (χ1n) is 3.94. The summed E-state index contributed by atoms with van der Waals surface area (Å²) < 4.78 is 3.55. The number of nitrogens with zero attached hydrogens (tertiary/aromatic N) is 1. The fourth-order valence-corrected chi connectivity index (χ4v) is 3.24. The molecule has 1 aromatic carbocycles. The lowest BCUT2D eigenvalue weighted by molar-refractivity contribution is 1.30. The van der Waals surface area contributed by atoms with Gasteiger partial charge in [0.05, 0.1) is 12.5 Å².